The third-order valence-electron chi connectivity index (χ3n) is 2.56. The van der Waals surface area contributed by atoms with Gasteiger partial charge in [0.25, 0.3) is 0 Å². The molecule has 1 heterocycles. The van der Waals surface area contributed by atoms with Gasteiger partial charge in [0, 0.05) is 12.2 Å². The number of hydrogen-bond acceptors (Lipinski definition) is 3. The lowest BCUT2D eigenvalue weighted by molar-refractivity contribution is 0.00447. The third-order valence-corrected chi connectivity index (χ3v) is 2.56. The van der Waals surface area contributed by atoms with Gasteiger partial charge in [-0.25, -0.2) is 0 Å². The predicted octanol–water partition coefficient (Wildman–Crippen LogP) is 2.60. The van der Waals surface area contributed by atoms with Crippen molar-refractivity contribution >= 4 is 0 Å². The van der Waals surface area contributed by atoms with Crippen LogP contribution in [0.25, 0.3) is 0 Å². The highest BCUT2D eigenvalue weighted by Crippen LogP contribution is 2.24. The smallest absolute Gasteiger partial charge is 0.0951 e. The van der Waals surface area contributed by atoms with Gasteiger partial charge in [-0.15, -0.1) is 0 Å². The molecule has 0 saturated carbocycles. The fourth-order valence-electron chi connectivity index (χ4n) is 1.84. The van der Waals surface area contributed by atoms with Crippen molar-refractivity contribution in [2.75, 3.05) is 13.7 Å². The summed E-state index contributed by atoms with van der Waals surface area (Å²) in [6.45, 7) is 7.10. The van der Waals surface area contributed by atoms with E-state index < -0.39 is 0 Å². The number of furan rings is 1. The van der Waals surface area contributed by atoms with Crippen LogP contribution in [0.3, 0.4) is 0 Å². The van der Waals surface area contributed by atoms with E-state index in [0.717, 1.165) is 12.2 Å². The van der Waals surface area contributed by atoms with Gasteiger partial charge in [0.05, 0.1) is 24.7 Å². The standard InChI is InChI=1S/C12H21NO2/c1-5-15-12(9(2)3)11(13-4)10-6-7-14-8-10/h6-9,11-13H,5H2,1-4H3. The number of ether oxygens (including phenoxy) is 1. The van der Waals surface area contributed by atoms with Crippen LogP contribution in [0.4, 0.5) is 0 Å². The van der Waals surface area contributed by atoms with E-state index in [9.17, 15) is 0 Å². The van der Waals surface area contributed by atoms with Crippen LogP contribution in [-0.4, -0.2) is 19.8 Å². The van der Waals surface area contributed by atoms with E-state index in [2.05, 4.69) is 19.2 Å². The van der Waals surface area contributed by atoms with Crippen molar-refractivity contribution in [3.8, 4) is 0 Å². The predicted molar refractivity (Wildman–Crippen MR) is 60.8 cm³/mol. The molecule has 86 valence electrons. The summed E-state index contributed by atoms with van der Waals surface area (Å²) in [6, 6.07) is 2.18. The van der Waals surface area contributed by atoms with Gasteiger partial charge >= 0.3 is 0 Å². The molecule has 1 rings (SSSR count). The highest BCUT2D eigenvalue weighted by atomic mass is 16.5. The summed E-state index contributed by atoms with van der Waals surface area (Å²) >= 11 is 0. The summed E-state index contributed by atoms with van der Waals surface area (Å²) in [5.74, 6) is 0.470. The highest BCUT2D eigenvalue weighted by molar-refractivity contribution is 5.13. The first-order valence-electron chi connectivity index (χ1n) is 5.51. The Kier molecular flexibility index (Phi) is 4.85. The Labute approximate surface area is 91.8 Å². The van der Waals surface area contributed by atoms with Crippen LogP contribution in [0.2, 0.25) is 0 Å². The molecule has 0 amide bonds. The molecule has 3 heteroatoms. The van der Waals surface area contributed by atoms with Crippen LogP contribution >= 0.6 is 0 Å². The van der Waals surface area contributed by atoms with Crippen LogP contribution in [0.15, 0.2) is 23.0 Å². The maximum absolute atomic E-state index is 5.78. The SMILES string of the molecule is CCOC(C(C)C)C(NC)c1ccoc1. The van der Waals surface area contributed by atoms with E-state index in [4.69, 9.17) is 9.15 Å². The van der Waals surface area contributed by atoms with E-state index in [-0.39, 0.29) is 12.1 Å². The number of likely N-dealkylation sites (N-methyl/N-ethyl adjacent to an activating group) is 1. The Morgan fingerprint density at radius 1 is 1.47 bits per heavy atom. The molecule has 0 saturated heterocycles. The lowest BCUT2D eigenvalue weighted by Crippen LogP contribution is -2.35. The zero-order valence-electron chi connectivity index (χ0n) is 9.99. The van der Waals surface area contributed by atoms with Crippen molar-refractivity contribution in [3.05, 3.63) is 24.2 Å². The van der Waals surface area contributed by atoms with Crippen molar-refractivity contribution < 1.29 is 9.15 Å². The first kappa shape index (κ1) is 12.3. The van der Waals surface area contributed by atoms with Crippen molar-refractivity contribution in [3.63, 3.8) is 0 Å². The first-order chi connectivity index (χ1) is 7.20. The summed E-state index contributed by atoms with van der Waals surface area (Å²) in [7, 11) is 1.95. The largest absolute Gasteiger partial charge is 0.472 e. The minimum Gasteiger partial charge on any atom is -0.472 e. The second kappa shape index (κ2) is 5.93. The molecule has 0 aliphatic carbocycles. The molecule has 3 nitrogen and oxygen atoms in total. The Morgan fingerprint density at radius 3 is 2.60 bits per heavy atom. The van der Waals surface area contributed by atoms with Gasteiger partial charge in [-0.2, -0.15) is 0 Å². The summed E-state index contributed by atoms with van der Waals surface area (Å²) < 4.78 is 10.9. The zero-order chi connectivity index (χ0) is 11.3. The molecule has 0 bridgehead atoms. The fourth-order valence-corrected chi connectivity index (χ4v) is 1.84. The molecule has 0 radical (unpaired) electrons. The maximum Gasteiger partial charge on any atom is 0.0951 e. The molecule has 2 unspecified atom stereocenters. The topological polar surface area (TPSA) is 34.4 Å². The minimum atomic E-state index is 0.178. The van der Waals surface area contributed by atoms with E-state index in [0.29, 0.717) is 5.92 Å². The van der Waals surface area contributed by atoms with Gasteiger partial charge in [-0.1, -0.05) is 13.8 Å². The average molecular weight is 211 g/mol. The van der Waals surface area contributed by atoms with Crippen molar-refractivity contribution in [1.29, 1.82) is 0 Å². The lowest BCUT2D eigenvalue weighted by atomic mass is 9.95. The van der Waals surface area contributed by atoms with Crippen LogP contribution in [-0.2, 0) is 4.74 Å². The molecule has 0 aromatic carbocycles. The van der Waals surface area contributed by atoms with Gasteiger partial charge in [0.2, 0.25) is 0 Å². The second-order valence-electron chi connectivity index (χ2n) is 3.99. The Hall–Kier alpha value is -0.800. The molecule has 0 fully saturated rings. The lowest BCUT2D eigenvalue weighted by Gasteiger charge is -2.29. The van der Waals surface area contributed by atoms with Gasteiger partial charge in [0.15, 0.2) is 0 Å². The molecule has 1 aromatic rings. The summed E-state index contributed by atoms with van der Waals surface area (Å²) in [5.41, 5.74) is 1.14. The Morgan fingerprint density at radius 2 is 2.20 bits per heavy atom. The summed E-state index contributed by atoms with van der Waals surface area (Å²) in [5, 5.41) is 3.29. The molecular weight excluding hydrogens is 190 g/mol. The molecule has 0 aliphatic heterocycles. The van der Waals surface area contributed by atoms with Crippen LogP contribution in [0, 0.1) is 5.92 Å². The molecule has 2 atom stereocenters. The van der Waals surface area contributed by atoms with Gasteiger partial charge in [-0.3, -0.25) is 0 Å². The molecule has 15 heavy (non-hydrogen) atoms. The molecule has 1 aromatic heterocycles. The number of nitrogens with one attached hydrogen (secondary N) is 1. The van der Waals surface area contributed by atoms with Crippen LogP contribution < -0.4 is 5.32 Å². The molecule has 0 aliphatic rings. The molecular formula is C12H21NO2. The second-order valence-corrected chi connectivity index (χ2v) is 3.99. The normalized spacial score (nSPS) is 15.5. The highest BCUT2D eigenvalue weighted by Gasteiger charge is 2.25. The van der Waals surface area contributed by atoms with Crippen molar-refractivity contribution in [1.82, 2.24) is 5.32 Å². The van der Waals surface area contributed by atoms with Crippen molar-refractivity contribution in [2.24, 2.45) is 5.92 Å². The van der Waals surface area contributed by atoms with Crippen LogP contribution in [0.5, 0.6) is 0 Å². The fraction of sp³-hybridized carbons (Fsp3) is 0.667. The van der Waals surface area contributed by atoms with Gasteiger partial charge in [0.1, 0.15) is 0 Å². The summed E-state index contributed by atoms with van der Waals surface area (Å²) in [4.78, 5) is 0. The zero-order valence-corrected chi connectivity index (χ0v) is 9.99. The van der Waals surface area contributed by atoms with E-state index in [1.54, 1.807) is 12.5 Å². The number of rotatable bonds is 6. The van der Waals surface area contributed by atoms with Crippen molar-refractivity contribution in [2.45, 2.75) is 32.9 Å². The number of hydrogen-bond donors (Lipinski definition) is 1. The molecule has 0 spiro atoms. The Balaban J connectivity index is 2.78. The summed E-state index contributed by atoms with van der Waals surface area (Å²) in [6.07, 6.45) is 3.65. The van der Waals surface area contributed by atoms with E-state index >= 15 is 0 Å². The first-order valence-corrected chi connectivity index (χ1v) is 5.51. The van der Waals surface area contributed by atoms with Gasteiger partial charge in [-0.05, 0) is 26.0 Å². The third kappa shape index (κ3) is 3.08. The van der Waals surface area contributed by atoms with E-state index in [1.807, 2.05) is 20.0 Å². The van der Waals surface area contributed by atoms with Crippen LogP contribution in [0.1, 0.15) is 32.4 Å². The van der Waals surface area contributed by atoms with E-state index in [1.165, 1.54) is 0 Å². The monoisotopic (exact) mass is 211 g/mol. The average Bonchev–Trinajstić information content (AvgIpc) is 2.71. The Bertz CT molecular complexity index is 257. The van der Waals surface area contributed by atoms with Gasteiger partial charge < -0.3 is 14.5 Å². The quantitative estimate of drug-likeness (QED) is 0.785. The maximum atomic E-state index is 5.78. The molecule has 1 N–H and O–H groups in total. The minimum absolute atomic E-state index is 0.178.